The number of carboxylic acid groups (broad SMARTS) is 1. The van der Waals surface area contributed by atoms with E-state index in [4.69, 9.17) is 0 Å². The third-order valence-corrected chi connectivity index (χ3v) is 6.55. The van der Waals surface area contributed by atoms with Gasteiger partial charge in [0, 0.05) is 6.42 Å². The number of hydrogen-bond donors (Lipinski definition) is 1. The van der Waals surface area contributed by atoms with Crippen molar-refractivity contribution in [3.05, 3.63) is 0 Å². The van der Waals surface area contributed by atoms with Crippen LogP contribution in [0.3, 0.4) is 0 Å². The summed E-state index contributed by atoms with van der Waals surface area (Å²) in [4.78, 5) is 23.8. The van der Waals surface area contributed by atoms with Gasteiger partial charge in [0.05, 0.1) is 26.7 Å². The Balaban J connectivity index is 3.98. The van der Waals surface area contributed by atoms with E-state index >= 15 is 0 Å². The Labute approximate surface area is 180 Å². The first-order valence-electron chi connectivity index (χ1n) is 11.9. The molecule has 0 rings (SSSR count). The Bertz CT molecular complexity index is 461. The van der Waals surface area contributed by atoms with Crippen LogP contribution >= 0.6 is 0 Å². The SMILES string of the molecule is CCCCCCCCCCCCCC(=O)NC(CC)C[N+](C)(C)C(C)(C)C(=O)[O-]. The lowest BCUT2D eigenvalue weighted by molar-refractivity contribution is -0.931. The third kappa shape index (κ3) is 11.6. The van der Waals surface area contributed by atoms with E-state index in [0.717, 1.165) is 19.3 Å². The molecule has 0 aromatic heterocycles. The number of nitrogens with zero attached hydrogens (tertiary/aromatic N) is 1. The Hall–Kier alpha value is -1.10. The van der Waals surface area contributed by atoms with E-state index in [9.17, 15) is 14.7 Å². The zero-order valence-corrected chi connectivity index (χ0v) is 20.1. The van der Waals surface area contributed by atoms with Crippen LogP contribution in [0.25, 0.3) is 0 Å². The molecule has 0 aromatic carbocycles. The number of carbonyl (C=O) groups excluding carboxylic acids is 2. The maximum absolute atomic E-state index is 12.3. The van der Waals surface area contributed by atoms with E-state index in [1.54, 1.807) is 13.8 Å². The predicted octanol–water partition coefficient (Wildman–Crippen LogP) is 4.19. The fourth-order valence-corrected chi connectivity index (χ4v) is 3.55. The van der Waals surface area contributed by atoms with Gasteiger partial charge in [-0.05, 0) is 26.7 Å². The second-order valence-electron chi connectivity index (χ2n) is 9.67. The maximum Gasteiger partial charge on any atom is 0.220 e. The molecule has 0 heterocycles. The monoisotopic (exact) mass is 412 g/mol. The Morgan fingerprint density at radius 1 is 0.862 bits per heavy atom. The Morgan fingerprint density at radius 3 is 1.72 bits per heavy atom. The fourth-order valence-electron chi connectivity index (χ4n) is 3.55. The van der Waals surface area contributed by atoms with E-state index in [1.807, 2.05) is 21.0 Å². The zero-order chi connectivity index (χ0) is 22.3. The molecule has 0 aliphatic rings. The molecule has 5 heteroatoms. The molecule has 0 radical (unpaired) electrons. The summed E-state index contributed by atoms with van der Waals surface area (Å²) in [6.45, 7) is 8.21. The molecule has 0 spiro atoms. The highest BCUT2D eigenvalue weighted by Crippen LogP contribution is 2.21. The van der Waals surface area contributed by atoms with Crippen molar-refractivity contribution >= 4 is 11.9 Å². The molecule has 0 aromatic rings. The van der Waals surface area contributed by atoms with E-state index < -0.39 is 11.5 Å². The van der Waals surface area contributed by atoms with E-state index in [0.29, 0.717) is 13.0 Å². The minimum atomic E-state index is -1.07. The van der Waals surface area contributed by atoms with E-state index in [-0.39, 0.29) is 16.4 Å². The van der Waals surface area contributed by atoms with Crippen molar-refractivity contribution in [2.75, 3.05) is 20.6 Å². The number of rotatable bonds is 18. The molecule has 1 unspecified atom stereocenters. The maximum atomic E-state index is 12.3. The van der Waals surface area contributed by atoms with Crippen LogP contribution in [-0.2, 0) is 9.59 Å². The summed E-state index contributed by atoms with van der Waals surface area (Å²) in [5.41, 5.74) is -1.01. The van der Waals surface area contributed by atoms with Crippen molar-refractivity contribution in [3.8, 4) is 0 Å². The number of carboxylic acids is 1. The molecule has 29 heavy (non-hydrogen) atoms. The average molecular weight is 413 g/mol. The van der Waals surface area contributed by atoms with Gasteiger partial charge < -0.3 is 19.7 Å². The van der Waals surface area contributed by atoms with Gasteiger partial charge in [-0.3, -0.25) is 4.79 Å². The van der Waals surface area contributed by atoms with Crippen molar-refractivity contribution in [1.29, 1.82) is 0 Å². The quantitative estimate of drug-likeness (QED) is 0.271. The van der Waals surface area contributed by atoms with Crippen LogP contribution in [0.1, 0.15) is 111 Å². The molecule has 0 bridgehead atoms. The summed E-state index contributed by atoms with van der Waals surface area (Å²) < 4.78 is 0.270. The summed E-state index contributed by atoms with van der Waals surface area (Å²) in [5, 5.41) is 14.6. The largest absolute Gasteiger partial charge is 0.544 e. The lowest BCUT2D eigenvalue weighted by atomic mass is 9.99. The lowest BCUT2D eigenvalue weighted by Crippen LogP contribution is -2.67. The zero-order valence-electron chi connectivity index (χ0n) is 20.1. The van der Waals surface area contributed by atoms with Crippen molar-refractivity contribution in [1.82, 2.24) is 5.32 Å². The fraction of sp³-hybridized carbons (Fsp3) is 0.917. The highest BCUT2D eigenvalue weighted by molar-refractivity contribution is 5.76. The lowest BCUT2D eigenvalue weighted by Gasteiger charge is -2.46. The van der Waals surface area contributed by atoms with Crippen LogP contribution < -0.4 is 10.4 Å². The Morgan fingerprint density at radius 2 is 1.31 bits per heavy atom. The smallest absolute Gasteiger partial charge is 0.220 e. The van der Waals surface area contributed by atoms with Gasteiger partial charge in [0.2, 0.25) is 5.91 Å². The summed E-state index contributed by atoms with van der Waals surface area (Å²) >= 11 is 0. The van der Waals surface area contributed by atoms with Gasteiger partial charge in [-0.1, -0.05) is 78.1 Å². The molecule has 1 N–H and O–H groups in total. The minimum Gasteiger partial charge on any atom is -0.544 e. The molecule has 0 aliphatic carbocycles. The number of carbonyl (C=O) groups is 2. The van der Waals surface area contributed by atoms with Gasteiger partial charge >= 0.3 is 0 Å². The number of aliphatic carboxylic acids is 1. The molecule has 0 saturated heterocycles. The number of amides is 1. The van der Waals surface area contributed by atoms with Gasteiger partial charge in [0.25, 0.3) is 0 Å². The number of likely N-dealkylation sites (N-methyl/N-ethyl adjacent to an activating group) is 1. The highest BCUT2D eigenvalue weighted by Gasteiger charge is 2.39. The third-order valence-electron chi connectivity index (χ3n) is 6.55. The van der Waals surface area contributed by atoms with Gasteiger partial charge in [-0.15, -0.1) is 0 Å². The summed E-state index contributed by atoms with van der Waals surface area (Å²) in [6, 6.07) is -0.0242. The minimum absolute atomic E-state index is 0.0242. The molecule has 172 valence electrons. The summed E-state index contributed by atoms with van der Waals surface area (Å²) in [7, 11) is 3.77. The standard InChI is InChI=1S/C24H48N2O3/c1-7-9-10-11-12-13-14-15-16-17-18-19-22(27)25-21(8-2)20-26(5,6)24(3,4)23(28)29/h21H,7-20H2,1-6H3,(H-,25,27,28,29). The summed E-state index contributed by atoms with van der Waals surface area (Å²) in [6.07, 6.45) is 15.3. The van der Waals surface area contributed by atoms with Crippen LogP contribution in [0.5, 0.6) is 0 Å². The van der Waals surface area contributed by atoms with Gasteiger partial charge in [0.1, 0.15) is 11.5 Å². The van der Waals surface area contributed by atoms with Gasteiger partial charge in [-0.2, -0.15) is 0 Å². The normalized spacial score (nSPS) is 13.3. The first-order chi connectivity index (χ1) is 13.6. The average Bonchev–Trinajstić information content (AvgIpc) is 2.65. The number of hydrogen-bond acceptors (Lipinski definition) is 3. The van der Waals surface area contributed by atoms with Crippen LogP contribution in [0.4, 0.5) is 0 Å². The van der Waals surface area contributed by atoms with Gasteiger partial charge in [-0.25, -0.2) is 0 Å². The molecule has 1 amide bonds. The summed E-state index contributed by atoms with van der Waals surface area (Å²) in [5.74, 6) is -0.983. The van der Waals surface area contributed by atoms with Gasteiger partial charge in [0.15, 0.2) is 0 Å². The van der Waals surface area contributed by atoms with Crippen molar-refractivity contribution < 1.29 is 19.2 Å². The van der Waals surface area contributed by atoms with Crippen LogP contribution in [-0.4, -0.2) is 48.6 Å². The number of unbranched alkanes of at least 4 members (excludes halogenated alkanes) is 10. The van der Waals surface area contributed by atoms with Crippen molar-refractivity contribution in [2.45, 2.75) is 123 Å². The second-order valence-corrected chi connectivity index (χ2v) is 9.67. The van der Waals surface area contributed by atoms with Crippen molar-refractivity contribution in [2.24, 2.45) is 0 Å². The number of quaternary nitrogens is 1. The molecule has 0 fully saturated rings. The highest BCUT2D eigenvalue weighted by atomic mass is 16.4. The molecule has 5 nitrogen and oxygen atoms in total. The first-order valence-corrected chi connectivity index (χ1v) is 11.9. The molecule has 1 atom stereocenters. The predicted molar refractivity (Wildman–Crippen MR) is 119 cm³/mol. The molecule has 0 saturated carbocycles. The van der Waals surface area contributed by atoms with Crippen LogP contribution in [0.15, 0.2) is 0 Å². The number of nitrogens with one attached hydrogen (secondary N) is 1. The van der Waals surface area contributed by atoms with Crippen LogP contribution in [0, 0.1) is 0 Å². The van der Waals surface area contributed by atoms with Crippen molar-refractivity contribution in [3.63, 3.8) is 0 Å². The van der Waals surface area contributed by atoms with E-state index in [1.165, 1.54) is 57.8 Å². The molecular weight excluding hydrogens is 364 g/mol. The topological polar surface area (TPSA) is 69.2 Å². The molecule has 0 aliphatic heterocycles. The Kier molecular flexibility index (Phi) is 14.3. The van der Waals surface area contributed by atoms with Crippen LogP contribution in [0.2, 0.25) is 0 Å². The second kappa shape index (κ2) is 14.8. The first kappa shape index (κ1) is 27.9. The van der Waals surface area contributed by atoms with E-state index in [2.05, 4.69) is 12.2 Å². The molecular formula is C24H48N2O3.